The van der Waals surface area contributed by atoms with Gasteiger partial charge in [-0.2, -0.15) is 0 Å². The van der Waals surface area contributed by atoms with E-state index in [2.05, 4.69) is 51.7 Å². The summed E-state index contributed by atoms with van der Waals surface area (Å²) >= 11 is 0. The van der Waals surface area contributed by atoms with E-state index in [1.165, 1.54) is 5.69 Å². The second kappa shape index (κ2) is 9.50. The maximum absolute atomic E-state index is 12.1. The molecule has 3 rings (SSSR count). The first-order valence-corrected chi connectivity index (χ1v) is 9.47. The Kier molecular flexibility index (Phi) is 6.57. The number of aromatic nitrogens is 2. The molecule has 28 heavy (non-hydrogen) atoms. The predicted molar refractivity (Wildman–Crippen MR) is 114 cm³/mol. The van der Waals surface area contributed by atoms with E-state index in [0.717, 1.165) is 24.3 Å². The summed E-state index contributed by atoms with van der Waals surface area (Å²) in [4.78, 5) is 14.4. The van der Waals surface area contributed by atoms with Gasteiger partial charge in [0.25, 0.3) is 0 Å². The van der Waals surface area contributed by atoms with Gasteiger partial charge in [-0.25, -0.2) is 0 Å². The largest absolute Gasteiger partial charge is 0.372 e. The number of carbonyl (C=O) groups excluding carboxylic acids is 1. The smallest absolute Gasteiger partial charge is 0.229 e. The van der Waals surface area contributed by atoms with Gasteiger partial charge in [-0.15, -0.1) is 10.2 Å². The number of nitrogens with one attached hydrogen (secondary N) is 2. The molecule has 1 amide bonds. The minimum absolute atomic E-state index is 0.117. The van der Waals surface area contributed by atoms with E-state index in [0.29, 0.717) is 18.1 Å². The summed E-state index contributed by atoms with van der Waals surface area (Å²) in [5.74, 6) is 0.938. The molecule has 0 aliphatic heterocycles. The van der Waals surface area contributed by atoms with Gasteiger partial charge in [-0.1, -0.05) is 30.3 Å². The second-order valence-corrected chi connectivity index (χ2v) is 6.36. The van der Waals surface area contributed by atoms with Crippen molar-refractivity contribution in [3.8, 4) is 0 Å². The molecular formula is C22H25N5O. The van der Waals surface area contributed by atoms with E-state index in [9.17, 15) is 4.79 Å². The molecule has 0 spiro atoms. The average Bonchev–Trinajstić information content (AvgIpc) is 2.72. The van der Waals surface area contributed by atoms with Crippen LogP contribution < -0.4 is 15.5 Å². The quantitative estimate of drug-likeness (QED) is 0.616. The highest BCUT2D eigenvalue weighted by atomic mass is 16.1. The van der Waals surface area contributed by atoms with Gasteiger partial charge in [-0.3, -0.25) is 4.79 Å². The molecule has 144 valence electrons. The number of anilines is 4. The fourth-order valence-electron chi connectivity index (χ4n) is 2.93. The summed E-state index contributed by atoms with van der Waals surface area (Å²) in [5.41, 5.74) is 3.09. The lowest BCUT2D eigenvalue weighted by molar-refractivity contribution is -0.115. The lowest BCUT2D eigenvalue weighted by Crippen LogP contribution is -2.21. The monoisotopic (exact) mass is 375 g/mol. The van der Waals surface area contributed by atoms with Crippen LogP contribution in [-0.4, -0.2) is 29.2 Å². The summed E-state index contributed by atoms with van der Waals surface area (Å²) in [5, 5.41) is 14.2. The molecule has 2 N–H and O–H groups in total. The molecule has 0 fully saturated rings. The van der Waals surface area contributed by atoms with Gasteiger partial charge in [0.15, 0.2) is 11.6 Å². The fraction of sp³-hybridized carbons (Fsp3) is 0.227. The van der Waals surface area contributed by atoms with Gasteiger partial charge in [0.2, 0.25) is 5.91 Å². The highest BCUT2D eigenvalue weighted by Crippen LogP contribution is 2.20. The molecule has 3 aromatic rings. The summed E-state index contributed by atoms with van der Waals surface area (Å²) < 4.78 is 0. The summed E-state index contributed by atoms with van der Waals surface area (Å²) in [7, 11) is 0. The van der Waals surface area contributed by atoms with Crippen molar-refractivity contribution in [2.75, 3.05) is 28.6 Å². The minimum atomic E-state index is -0.117. The van der Waals surface area contributed by atoms with Crippen LogP contribution >= 0.6 is 0 Å². The van der Waals surface area contributed by atoms with Crippen molar-refractivity contribution < 1.29 is 4.79 Å². The Balaban J connectivity index is 1.56. The van der Waals surface area contributed by atoms with Crippen LogP contribution in [-0.2, 0) is 11.2 Å². The Hall–Kier alpha value is -3.41. The van der Waals surface area contributed by atoms with Crippen LogP contribution in [0, 0.1) is 0 Å². The predicted octanol–water partition coefficient (Wildman–Crippen LogP) is 4.25. The lowest BCUT2D eigenvalue weighted by Gasteiger charge is -2.21. The van der Waals surface area contributed by atoms with Crippen LogP contribution in [0.15, 0.2) is 66.7 Å². The number of hydrogen-bond acceptors (Lipinski definition) is 5. The number of rotatable bonds is 8. The van der Waals surface area contributed by atoms with Gasteiger partial charge in [0.05, 0.1) is 6.42 Å². The van der Waals surface area contributed by atoms with Crippen LogP contribution in [0.2, 0.25) is 0 Å². The Morgan fingerprint density at radius 1 is 0.857 bits per heavy atom. The van der Waals surface area contributed by atoms with Crippen molar-refractivity contribution in [3.63, 3.8) is 0 Å². The van der Waals surface area contributed by atoms with Crippen LogP contribution in [0.25, 0.3) is 0 Å². The topological polar surface area (TPSA) is 70.2 Å². The highest BCUT2D eigenvalue weighted by molar-refractivity contribution is 5.91. The van der Waals surface area contributed by atoms with Crippen LogP contribution in [0.4, 0.5) is 23.0 Å². The normalized spacial score (nSPS) is 10.4. The van der Waals surface area contributed by atoms with Gasteiger partial charge in [0.1, 0.15) is 0 Å². The van der Waals surface area contributed by atoms with Gasteiger partial charge >= 0.3 is 0 Å². The SMILES string of the molecule is CCN(CC)c1ccc(Nc2ccc(NC(=O)Cc3ccccc3)nn2)cc1. The van der Waals surface area contributed by atoms with Crippen molar-refractivity contribution in [3.05, 3.63) is 72.3 Å². The highest BCUT2D eigenvalue weighted by Gasteiger charge is 2.06. The molecule has 0 saturated carbocycles. The first-order valence-electron chi connectivity index (χ1n) is 9.47. The summed E-state index contributed by atoms with van der Waals surface area (Å²) in [6, 6.07) is 21.3. The van der Waals surface area contributed by atoms with Crippen molar-refractivity contribution in [1.29, 1.82) is 0 Å². The maximum Gasteiger partial charge on any atom is 0.229 e. The van der Waals surface area contributed by atoms with Crippen LogP contribution in [0.5, 0.6) is 0 Å². The number of benzene rings is 2. The maximum atomic E-state index is 12.1. The van der Waals surface area contributed by atoms with Gasteiger partial charge in [0, 0.05) is 24.5 Å². The van der Waals surface area contributed by atoms with E-state index in [4.69, 9.17) is 0 Å². The third kappa shape index (κ3) is 5.30. The van der Waals surface area contributed by atoms with Gasteiger partial charge < -0.3 is 15.5 Å². The molecule has 0 radical (unpaired) electrons. The zero-order valence-electron chi connectivity index (χ0n) is 16.2. The molecule has 1 heterocycles. The lowest BCUT2D eigenvalue weighted by atomic mass is 10.1. The fourth-order valence-corrected chi connectivity index (χ4v) is 2.93. The van der Waals surface area contributed by atoms with Crippen molar-refractivity contribution in [2.45, 2.75) is 20.3 Å². The number of nitrogens with zero attached hydrogens (tertiary/aromatic N) is 3. The first kappa shape index (κ1) is 19.4. The molecule has 0 aliphatic carbocycles. The van der Waals surface area contributed by atoms with Crippen LogP contribution in [0.3, 0.4) is 0 Å². The molecule has 0 aliphatic rings. The molecule has 0 atom stereocenters. The minimum Gasteiger partial charge on any atom is -0.372 e. The molecular weight excluding hydrogens is 350 g/mol. The zero-order chi connectivity index (χ0) is 19.8. The molecule has 0 saturated heterocycles. The Morgan fingerprint density at radius 3 is 2.11 bits per heavy atom. The Bertz CT molecular complexity index is 875. The summed E-state index contributed by atoms with van der Waals surface area (Å²) in [6.07, 6.45) is 0.307. The van der Waals surface area contributed by atoms with E-state index in [1.54, 1.807) is 12.1 Å². The zero-order valence-corrected chi connectivity index (χ0v) is 16.2. The third-order valence-corrected chi connectivity index (χ3v) is 4.41. The number of amides is 1. The van der Waals surface area contributed by atoms with Gasteiger partial charge in [-0.05, 0) is 55.8 Å². The third-order valence-electron chi connectivity index (χ3n) is 4.41. The van der Waals surface area contributed by atoms with E-state index in [1.807, 2.05) is 42.5 Å². The number of carbonyl (C=O) groups is 1. The molecule has 6 heteroatoms. The van der Waals surface area contributed by atoms with E-state index in [-0.39, 0.29) is 5.91 Å². The molecule has 1 aromatic heterocycles. The summed E-state index contributed by atoms with van der Waals surface area (Å²) in [6.45, 7) is 6.25. The molecule has 0 unspecified atom stereocenters. The Morgan fingerprint density at radius 2 is 1.50 bits per heavy atom. The van der Waals surface area contributed by atoms with Crippen molar-refractivity contribution in [2.24, 2.45) is 0 Å². The molecule has 2 aromatic carbocycles. The molecule has 6 nitrogen and oxygen atoms in total. The van der Waals surface area contributed by atoms with Crippen LogP contribution in [0.1, 0.15) is 19.4 Å². The second-order valence-electron chi connectivity index (χ2n) is 6.36. The van der Waals surface area contributed by atoms with E-state index >= 15 is 0 Å². The average molecular weight is 375 g/mol. The number of hydrogen-bond donors (Lipinski definition) is 2. The van der Waals surface area contributed by atoms with Crippen molar-refractivity contribution in [1.82, 2.24) is 10.2 Å². The first-order chi connectivity index (χ1) is 13.7. The van der Waals surface area contributed by atoms with Crippen molar-refractivity contribution >= 4 is 28.9 Å². The van der Waals surface area contributed by atoms with E-state index < -0.39 is 0 Å². The molecule has 0 bridgehead atoms. The standard InChI is InChI=1S/C22H25N5O/c1-3-27(4-2)19-12-10-18(11-13-19)23-20-14-15-21(26-25-20)24-22(28)16-17-8-6-5-7-9-17/h5-15H,3-4,16H2,1-2H3,(H,23,25)(H,24,26,28). The Labute approximate surface area is 165 Å².